The molecule has 3 aromatic rings. The maximum Gasteiger partial charge on any atom is 0.257 e. The summed E-state index contributed by atoms with van der Waals surface area (Å²) < 4.78 is 28.0. The van der Waals surface area contributed by atoms with E-state index < -0.39 is 15.9 Å². The molecule has 0 atom stereocenters. The highest BCUT2D eigenvalue weighted by Gasteiger charge is 2.15. The Bertz CT molecular complexity index is 1290. The Kier molecular flexibility index (Phi) is 8.94. The van der Waals surface area contributed by atoms with Crippen LogP contribution in [0.3, 0.4) is 0 Å². The van der Waals surface area contributed by atoms with Gasteiger partial charge in [-0.1, -0.05) is 85.4 Å². The average Bonchev–Trinajstić information content (AvgIpc) is 3.06. The van der Waals surface area contributed by atoms with Gasteiger partial charge in [0.25, 0.3) is 5.91 Å². The lowest BCUT2D eigenvalue weighted by molar-refractivity contribution is -0.114. The van der Waals surface area contributed by atoms with Crippen molar-refractivity contribution in [2.24, 2.45) is 0 Å². The van der Waals surface area contributed by atoms with Gasteiger partial charge in [-0.25, -0.2) is 18.1 Å². The van der Waals surface area contributed by atoms with E-state index >= 15 is 0 Å². The van der Waals surface area contributed by atoms with E-state index in [0.717, 1.165) is 35.6 Å². The smallest absolute Gasteiger partial charge is 0.257 e. The van der Waals surface area contributed by atoms with Crippen LogP contribution in [-0.4, -0.2) is 29.6 Å². The highest BCUT2D eigenvalue weighted by Crippen LogP contribution is 2.28. The number of carbonyl (C=O) groups is 1. The first-order valence-corrected chi connectivity index (χ1v) is 13.4. The lowest BCUT2D eigenvalue weighted by Crippen LogP contribution is -2.31. The van der Waals surface area contributed by atoms with Gasteiger partial charge in [0.2, 0.25) is 10.0 Å². The number of hydrogen-bond donors (Lipinski definition) is 1. The molecule has 9 heteroatoms. The molecule has 180 valence electrons. The predicted molar refractivity (Wildman–Crippen MR) is 138 cm³/mol. The zero-order valence-corrected chi connectivity index (χ0v) is 21.4. The van der Waals surface area contributed by atoms with E-state index in [1.165, 1.54) is 6.08 Å². The van der Waals surface area contributed by atoms with Gasteiger partial charge in [0.1, 0.15) is 5.82 Å². The molecule has 0 bridgehead atoms. The van der Waals surface area contributed by atoms with Gasteiger partial charge in [-0.15, -0.1) is 0 Å². The molecule has 0 saturated carbocycles. The number of unbranched alkanes of at least 4 members (excludes halogenated alkanes) is 2. The number of hydrogen-bond acceptors (Lipinski definition) is 4. The lowest BCUT2D eigenvalue weighted by Gasteiger charge is -2.12. The van der Waals surface area contributed by atoms with Crippen LogP contribution in [0.25, 0.3) is 17.2 Å². The number of aromatic nitrogens is 2. The summed E-state index contributed by atoms with van der Waals surface area (Å²) in [7, 11) is -3.68. The molecule has 1 N–H and O–H groups in total. The van der Waals surface area contributed by atoms with Crippen molar-refractivity contribution in [3.63, 3.8) is 0 Å². The average molecular weight is 520 g/mol. The van der Waals surface area contributed by atoms with Crippen molar-refractivity contribution in [3.05, 3.63) is 81.9 Å². The summed E-state index contributed by atoms with van der Waals surface area (Å²) in [4.78, 5) is 16.5. The number of aryl methyl sites for hydroxylation is 1. The van der Waals surface area contributed by atoms with Gasteiger partial charge in [-0.3, -0.25) is 4.79 Å². The molecule has 0 spiro atoms. The summed E-state index contributed by atoms with van der Waals surface area (Å²) in [5, 5.41) is 0.806. The van der Waals surface area contributed by atoms with Crippen molar-refractivity contribution >= 4 is 45.2 Å². The van der Waals surface area contributed by atoms with Crippen molar-refractivity contribution in [2.75, 3.05) is 5.75 Å². The van der Waals surface area contributed by atoms with Crippen LogP contribution < -0.4 is 4.72 Å². The number of nitrogens with zero attached hydrogens (tertiary/aromatic N) is 2. The Morgan fingerprint density at radius 1 is 1.09 bits per heavy atom. The molecular formula is C25H27Cl2N3O3S. The van der Waals surface area contributed by atoms with Crippen LogP contribution in [0.4, 0.5) is 0 Å². The third kappa shape index (κ3) is 6.95. The second kappa shape index (κ2) is 11.7. The molecule has 0 aliphatic carbocycles. The molecule has 2 aromatic carbocycles. The minimum absolute atomic E-state index is 0.0876. The number of imidazole rings is 1. The first kappa shape index (κ1) is 26.0. The molecule has 0 aliphatic rings. The van der Waals surface area contributed by atoms with Crippen LogP contribution in [0, 0.1) is 6.92 Å². The van der Waals surface area contributed by atoms with E-state index in [0.29, 0.717) is 29.5 Å². The second-order valence-corrected chi connectivity index (χ2v) is 10.5. The molecule has 0 unspecified atom stereocenters. The van der Waals surface area contributed by atoms with E-state index in [1.807, 2.05) is 60.0 Å². The Morgan fingerprint density at radius 2 is 1.82 bits per heavy atom. The van der Waals surface area contributed by atoms with Crippen LogP contribution in [0.2, 0.25) is 10.2 Å². The van der Waals surface area contributed by atoms with Gasteiger partial charge >= 0.3 is 0 Å². The van der Waals surface area contributed by atoms with Gasteiger partial charge in [0, 0.05) is 11.1 Å². The van der Waals surface area contributed by atoms with Crippen molar-refractivity contribution in [2.45, 2.75) is 39.7 Å². The minimum atomic E-state index is -3.68. The molecule has 0 aliphatic heterocycles. The molecule has 3 rings (SSSR count). The van der Waals surface area contributed by atoms with Crippen molar-refractivity contribution < 1.29 is 13.2 Å². The first-order valence-electron chi connectivity index (χ1n) is 11.0. The van der Waals surface area contributed by atoms with Gasteiger partial charge in [-0.2, -0.15) is 0 Å². The van der Waals surface area contributed by atoms with Crippen LogP contribution in [0.5, 0.6) is 0 Å². The van der Waals surface area contributed by atoms with Crippen LogP contribution in [0.15, 0.2) is 54.6 Å². The van der Waals surface area contributed by atoms with Crippen LogP contribution in [-0.2, 0) is 21.4 Å². The summed E-state index contributed by atoms with van der Waals surface area (Å²) >= 11 is 12.9. The number of carbonyl (C=O) groups excluding carboxylic acids is 1. The molecule has 1 aromatic heterocycles. The summed E-state index contributed by atoms with van der Waals surface area (Å²) in [6, 6.07) is 15.8. The first-order chi connectivity index (χ1) is 16.2. The molecular weight excluding hydrogens is 493 g/mol. The van der Waals surface area contributed by atoms with E-state index in [4.69, 9.17) is 23.2 Å². The number of amides is 1. The van der Waals surface area contributed by atoms with Crippen molar-refractivity contribution in [1.82, 2.24) is 14.3 Å². The second-order valence-electron chi connectivity index (χ2n) is 7.92. The molecule has 0 saturated heterocycles. The third-order valence-electron chi connectivity index (χ3n) is 5.31. The Hall–Kier alpha value is -2.61. The molecule has 34 heavy (non-hydrogen) atoms. The minimum Gasteiger partial charge on any atom is -0.323 e. The predicted octanol–water partition coefficient (Wildman–Crippen LogP) is 5.86. The van der Waals surface area contributed by atoms with Gasteiger partial charge < -0.3 is 4.57 Å². The largest absolute Gasteiger partial charge is 0.323 e. The van der Waals surface area contributed by atoms with Gasteiger partial charge in [0.15, 0.2) is 5.15 Å². The Labute approximate surface area is 210 Å². The Balaban J connectivity index is 1.77. The zero-order chi connectivity index (χ0) is 24.7. The van der Waals surface area contributed by atoms with Crippen LogP contribution >= 0.6 is 23.2 Å². The SMILES string of the molecule is CCCCCS(=O)(=O)NC(=O)/C=C/c1c(Cl)nc(C)n1Cc1ccc(-c2ccccc2)cc1Cl. The summed E-state index contributed by atoms with van der Waals surface area (Å²) in [6.07, 6.45) is 4.80. The number of nitrogens with one attached hydrogen (secondary N) is 1. The third-order valence-corrected chi connectivity index (χ3v) is 7.27. The van der Waals surface area contributed by atoms with E-state index in [2.05, 4.69) is 9.71 Å². The fraction of sp³-hybridized carbons (Fsp3) is 0.280. The van der Waals surface area contributed by atoms with Gasteiger partial charge in [0.05, 0.1) is 18.0 Å². The fourth-order valence-electron chi connectivity index (χ4n) is 3.49. The number of sulfonamides is 1. The maximum atomic E-state index is 12.2. The Morgan fingerprint density at radius 3 is 2.50 bits per heavy atom. The molecule has 0 fully saturated rings. The maximum absolute atomic E-state index is 12.2. The van der Waals surface area contributed by atoms with E-state index in [-0.39, 0.29) is 10.9 Å². The molecule has 1 amide bonds. The molecule has 0 radical (unpaired) electrons. The van der Waals surface area contributed by atoms with E-state index in [1.54, 1.807) is 6.92 Å². The summed E-state index contributed by atoms with van der Waals surface area (Å²) in [5.41, 5.74) is 3.42. The van der Waals surface area contributed by atoms with Crippen molar-refractivity contribution in [1.29, 1.82) is 0 Å². The summed E-state index contributed by atoms with van der Waals surface area (Å²) in [6.45, 7) is 4.16. The molecule has 1 heterocycles. The number of rotatable bonds is 10. The van der Waals surface area contributed by atoms with Crippen molar-refractivity contribution in [3.8, 4) is 11.1 Å². The van der Waals surface area contributed by atoms with E-state index in [9.17, 15) is 13.2 Å². The lowest BCUT2D eigenvalue weighted by atomic mass is 10.0. The highest BCUT2D eigenvalue weighted by molar-refractivity contribution is 7.90. The normalized spacial score (nSPS) is 11.8. The van der Waals surface area contributed by atoms with Gasteiger partial charge in [-0.05, 0) is 42.2 Å². The summed E-state index contributed by atoms with van der Waals surface area (Å²) in [5.74, 6) is -0.181. The number of benzene rings is 2. The molecule has 6 nitrogen and oxygen atoms in total. The standard InChI is InChI=1S/C25H27Cl2N3O3S/c1-3-4-8-15-34(32,33)29-24(31)14-13-23-25(27)28-18(2)30(23)17-21-12-11-20(16-22(21)26)19-9-6-5-7-10-19/h5-7,9-14,16H,3-4,8,15,17H2,1-2H3,(H,29,31)/b14-13+. The highest BCUT2D eigenvalue weighted by atomic mass is 35.5. The quantitative estimate of drug-likeness (QED) is 0.268. The fourth-order valence-corrected chi connectivity index (χ4v) is 5.08. The topological polar surface area (TPSA) is 81.1 Å². The monoisotopic (exact) mass is 519 g/mol. The van der Waals surface area contributed by atoms with Crippen LogP contribution in [0.1, 0.15) is 43.3 Å². The number of halogens is 2. The zero-order valence-electron chi connectivity index (χ0n) is 19.1.